The average Bonchev–Trinajstić information content (AvgIpc) is 3.37. The van der Waals surface area contributed by atoms with E-state index in [0.29, 0.717) is 18.5 Å². The fourth-order valence-electron chi connectivity index (χ4n) is 3.19. The summed E-state index contributed by atoms with van der Waals surface area (Å²) in [6, 6.07) is 12.4. The highest BCUT2D eigenvalue weighted by Crippen LogP contribution is 2.36. The summed E-state index contributed by atoms with van der Waals surface area (Å²) in [7, 11) is 0. The van der Waals surface area contributed by atoms with Crippen molar-refractivity contribution in [3.05, 3.63) is 71.5 Å². The van der Waals surface area contributed by atoms with Crippen LogP contribution in [0, 0.1) is 6.92 Å². The maximum atomic E-state index is 5.89. The van der Waals surface area contributed by atoms with Crippen LogP contribution in [0.1, 0.15) is 28.8 Å². The van der Waals surface area contributed by atoms with Crippen molar-refractivity contribution in [2.45, 2.75) is 26.0 Å². The zero-order valence-electron chi connectivity index (χ0n) is 14.2. The lowest BCUT2D eigenvalue weighted by atomic mass is 10.1. The summed E-state index contributed by atoms with van der Waals surface area (Å²) in [6.45, 7) is 2.60. The van der Waals surface area contributed by atoms with Crippen LogP contribution >= 0.6 is 0 Å². The molecule has 1 aromatic carbocycles. The molecule has 0 saturated carbocycles. The molecule has 1 atom stereocenters. The molecular formula is C19H17N5O2. The fourth-order valence-corrected chi connectivity index (χ4v) is 3.19. The second-order valence-corrected chi connectivity index (χ2v) is 6.40. The van der Waals surface area contributed by atoms with Gasteiger partial charge in [-0.2, -0.15) is 0 Å². The number of ether oxygens (including phenoxy) is 1. The molecule has 0 fully saturated rings. The Morgan fingerprint density at radius 1 is 1.19 bits per heavy atom. The van der Waals surface area contributed by atoms with Crippen molar-refractivity contribution in [1.29, 1.82) is 0 Å². The number of pyridine rings is 1. The van der Waals surface area contributed by atoms with Gasteiger partial charge < -0.3 is 18.9 Å². The van der Waals surface area contributed by atoms with Gasteiger partial charge in [0.15, 0.2) is 6.10 Å². The summed E-state index contributed by atoms with van der Waals surface area (Å²) in [5, 5.41) is 11.4. The number of nitrogens with zero attached hydrogens (tertiary/aromatic N) is 4. The number of fused-ring (bicyclic) bond motifs is 2. The molecule has 0 radical (unpaired) electrons. The second-order valence-electron chi connectivity index (χ2n) is 6.40. The first kappa shape index (κ1) is 14.9. The van der Waals surface area contributed by atoms with Crippen LogP contribution in [0.2, 0.25) is 0 Å². The Morgan fingerprint density at radius 3 is 3.04 bits per heavy atom. The molecule has 0 unspecified atom stereocenters. The van der Waals surface area contributed by atoms with E-state index >= 15 is 0 Å². The molecule has 7 heteroatoms. The van der Waals surface area contributed by atoms with E-state index < -0.39 is 0 Å². The van der Waals surface area contributed by atoms with E-state index in [-0.39, 0.29) is 6.10 Å². The van der Waals surface area contributed by atoms with Crippen LogP contribution in [0.4, 0.5) is 6.01 Å². The van der Waals surface area contributed by atoms with Crippen molar-refractivity contribution in [2.24, 2.45) is 0 Å². The predicted octanol–water partition coefficient (Wildman–Crippen LogP) is 3.31. The van der Waals surface area contributed by atoms with Crippen LogP contribution in [0.5, 0.6) is 5.75 Å². The molecule has 1 N–H and O–H groups in total. The third-order valence-corrected chi connectivity index (χ3v) is 4.51. The highest BCUT2D eigenvalue weighted by molar-refractivity contribution is 5.42. The van der Waals surface area contributed by atoms with Crippen molar-refractivity contribution in [3.63, 3.8) is 0 Å². The van der Waals surface area contributed by atoms with Gasteiger partial charge in [-0.05, 0) is 30.2 Å². The van der Waals surface area contributed by atoms with Crippen molar-refractivity contribution in [1.82, 2.24) is 19.6 Å². The van der Waals surface area contributed by atoms with E-state index in [1.807, 2.05) is 36.5 Å². The van der Waals surface area contributed by atoms with Gasteiger partial charge in [-0.15, -0.1) is 5.10 Å². The van der Waals surface area contributed by atoms with Crippen LogP contribution in [0.3, 0.4) is 0 Å². The van der Waals surface area contributed by atoms with Gasteiger partial charge in [-0.3, -0.25) is 0 Å². The van der Waals surface area contributed by atoms with Crippen molar-refractivity contribution >= 4 is 11.7 Å². The SMILES string of the molecule is Cc1ccc2ncc(CNc3nnc([C@H]4Cc5ccccc5O4)o3)n2c1. The number of rotatable bonds is 4. The Morgan fingerprint density at radius 2 is 2.12 bits per heavy atom. The van der Waals surface area contributed by atoms with Crippen LogP contribution in [0.15, 0.2) is 53.2 Å². The Kier molecular flexibility index (Phi) is 3.38. The molecule has 0 saturated heterocycles. The molecule has 0 spiro atoms. The van der Waals surface area contributed by atoms with Gasteiger partial charge in [0.05, 0.1) is 18.4 Å². The number of hydrogen-bond acceptors (Lipinski definition) is 6. The maximum Gasteiger partial charge on any atom is 0.315 e. The molecule has 7 nitrogen and oxygen atoms in total. The summed E-state index contributed by atoms with van der Waals surface area (Å²) in [5.41, 5.74) is 4.27. The number of benzene rings is 1. The normalized spacial score (nSPS) is 15.8. The van der Waals surface area contributed by atoms with E-state index in [0.717, 1.165) is 29.1 Å². The highest BCUT2D eigenvalue weighted by Gasteiger charge is 2.28. The van der Waals surface area contributed by atoms with Crippen LogP contribution in [0.25, 0.3) is 5.65 Å². The van der Waals surface area contributed by atoms with E-state index in [4.69, 9.17) is 9.15 Å². The van der Waals surface area contributed by atoms with Crippen LogP contribution < -0.4 is 10.1 Å². The summed E-state index contributed by atoms with van der Waals surface area (Å²) in [6.07, 6.45) is 4.41. The van der Waals surface area contributed by atoms with Gasteiger partial charge in [-0.25, -0.2) is 4.98 Å². The summed E-state index contributed by atoms with van der Waals surface area (Å²) in [4.78, 5) is 4.40. The number of hydrogen-bond donors (Lipinski definition) is 1. The van der Waals surface area contributed by atoms with Gasteiger partial charge in [0.1, 0.15) is 11.4 Å². The molecular weight excluding hydrogens is 330 g/mol. The quantitative estimate of drug-likeness (QED) is 0.610. The summed E-state index contributed by atoms with van der Waals surface area (Å²) in [5.74, 6) is 1.36. The number of aromatic nitrogens is 4. The van der Waals surface area contributed by atoms with Gasteiger partial charge >= 0.3 is 6.01 Å². The minimum Gasteiger partial charge on any atom is -0.480 e. The molecule has 1 aliphatic heterocycles. The molecule has 4 aromatic rings. The van der Waals surface area contributed by atoms with E-state index in [1.54, 1.807) is 0 Å². The molecule has 3 aromatic heterocycles. The van der Waals surface area contributed by atoms with Gasteiger partial charge in [0, 0.05) is 12.6 Å². The summed E-state index contributed by atoms with van der Waals surface area (Å²) < 4.78 is 13.7. The van der Waals surface area contributed by atoms with E-state index in [2.05, 4.69) is 44.1 Å². The molecule has 0 amide bonds. The Balaban J connectivity index is 1.30. The number of nitrogens with one attached hydrogen (secondary N) is 1. The number of anilines is 1. The molecule has 1 aliphatic rings. The second kappa shape index (κ2) is 5.87. The summed E-state index contributed by atoms with van der Waals surface area (Å²) >= 11 is 0. The zero-order valence-corrected chi connectivity index (χ0v) is 14.2. The predicted molar refractivity (Wildman–Crippen MR) is 95.1 cm³/mol. The maximum absolute atomic E-state index is 5.89. The minimum absolute atomic E-state index is 0.228. The van der Waals surface area contributed by atoms with E-state index in [1.165, 1.54) is 5.56 Å². The molecule has 0 bridgehead atoms. The van der Waals surface area contributed by atoms with Crippen LogP contribution in [-0.4, -0.2) is 19.6 Å². The van der Waals surface area contributed by atoms with E-state index in [9.17, 15) is 0 Å². The lowest BCUT2D eigenvalue weighted by Crippen LogP contribution is -2.03. The highest BCUT2D eigenvalue weighted by atomic mass is 16.5. The molecule has 4 heterocycles. The topological polar surface area (TPSA) is 77.5 Å². The lowest BCUT2D eigenvalue weighted by Gasteiger charge is -2.05. The Hall–Kier alpha value is -3.35. The van der Waals surface area contributed by atoms with Crippen molar-refractivity contribution < 1.29 is 9.15 Å². The first-order chi connectivity index (χ1) is 12.8. The first-order valence-electron chi connectivity index (χ1n) is 8.51. The van der Waals surface area contributed by atoms with Crippen molar-refractivity contribution in [3.8, 4) is 5.75 Å². The molecule has 26 heavy (non-hydrogen) atoms. The van der Waals surface area contributed by atoms with Crippen molar-refractivity contribution in [2.75, 3.05) is 5.32 Å². The number of imidazole rings is 1. The monoisotopic (exact) mass is 347 g/mol. The average molecular weight is 347 g/mol. The third-order valence-electron chi connectivity index (χ3n) is 4.51. The van der Waals surface area contributed by atoms with Gasteiger partial charge in [0.25, 0.3) is 5.89 Å². The lowest BCUT2D eigenvalue weighted by molar-refractivity contribution is 0.199. The van der Waals surface area contributed by atoms with Gasteiger partial charge in [0.2, 0.25) is 0 Å². The Labute approximate surface area is 149 Å². The zero-order chi connectivity index (χ0) is 17.5. The standard InChI is InChI=1S/C19H17N5O2/c1-12-6-7-17-20-9-14(24(17)11-12)10-21-19-23-22-18(26-19)16-8-13-4-2-3-5-15(13)25-16/h2-7,9,11,16H,8,10H2,1H3,(H,21,23)/t16-/m1/s1. The van der Waals surface area contributed by atoms with Crippen LogP contribution in [-0.2, 0) is 13.0 Å². The minimum atomic E-state index is -0.228. The van der Waals surface area contributed by atoms with Gasteiger partial charge in [-0.1, -0.05) is 29.4 Å². The Bertz CT molecular complexity index is 1060. The third kappa shape index (κ3) is 2.57. The smallest absolute Gasteiger partial charge is 0.315 e. The largest absolute Gasteiger partial charge is 0.480 e. The molecule has 0 aliphatic carbocycles. The molecule has 5 rings (SSSR count). The first-order valence-corrected chi connectivity index (χ1v) is 8.51. The molecule has 130 valence electrons. The number of para-hydroxylation sites is 1. The number of aryl methyl sites for hydroxylation is 1. The fraction of sp³-hybridized carbons (Fsp3) is 0.211.